The molecule has 0 aliphatic rings. The van der Waals surface area contributed by atoms with Crippen molar-refractivity contribution in [3.8, 4) is 0 Å². The molecule has 0 fully saturated rings. The van der Waals surface area contributed by atoms with Crippen LogP contribution in [0.5, 0.6) is 0 Å². The summed E-state index contributed by atoms with van der Waals surface area (Å²) in [5.41, 5.74) is 0. The maximum atomic E-state index is 12.9. The molecule has 0 aliphatic carbocycles. The molecule has 0 heterocycles. The quantitative estimate of drug-likeness (QED) is 0.0261. The molecule has 0 aromatic heterocycles. The molecular weight excluding hydrogens is 1010 g/mol. The molecule has 0 saturated carbocycles. The van der Waals surface area contributed by atoms with E-state index in [1.165, 1.54) is 205 Å². The van der Waals surface area contributed by atoms with Gasteiger partial charge in [-0.05, 0) is 109 Å². The fourth-order valence-corrected chi connectivity index (χ4v) is 10.3. The lowest BCUT2D eigenvalue weighted by molar-refractivity contribution is -0.167. The van der Waals surface area contributed by atoms with E-state index in [4.69, 9.17) is 14.2 Å². The predicted octanol–water partition coefficient (Wildman–Crippen LogP) is 24.6. The third kappa shape index (κ3) is 67.4. The first-order valence-electron chi connectivity index (χ1n) is 35.6. The van der Waals surface area contributed by atoms with Crippen LogP contribution in [0.4, 0.5) is 0 Å². The van der Waals surface area contributed by atoms with E-state index in [9.17, 15) is 14.4 Å². The monoisotopic (exact) mass is 1140 g/mol. The fourth-order valence-electron chi connectivity index (χ4n) is 10.3. The summed E-state index contributed by atoms with van der Waals surface area (Å²) in [7, 11) is 0. The summed E-state index contributed by atoms with van der Waals surface area (Å²) in [4.78, 5) is 38.3. The Morgan fingerprint density at radius 1 is 0.256 bits per heavy atom. The Bertz CT molecular complexity index is 1550. The first kappa shape index (κ1) is 78.6. The Kier molecular flexibility index (Phi) is 67.2. The van der Waals surface area contributed by atoms with E-state index in [1.807, 2.05) is 0 Å². The van der Waals surface area contributed by atoms with Crippen molar-refractivity contribution >= 4 is 17.9 Å². The van der Waals surface area contributed by atoms with E-state index in [1.54, 1.807) is 0 Å². The Morgan fingerprint density at radius 2 is 0.500 bits per heavy atom. The van der Waals surface area contributed by atoms with Gasteiger partial charge in [0, 0.05) is 19.3 Å². The van der Waals surface area contributed by atoms with Crippen LogP contribution in [0.25, 0.3) is 0 Å². The van der Waals surface area contributed by atoms with E-state index in [2.05, 4.69) is 106 Å². The zero-order valence-corrected chi connectivity index (χ0v) is 54.5. The zero-order chi connectivity index (χ0) is 59.2. The second kappa shape index (κ2) is 70.1. The Hall–Kier alpha value is -3.41. The van der Waals surface area contributed by atoms with Gasteiger partial charge in [-0.1, -0.05) is 318 Å². The molecule has 6 heteroatoms. The molecule has 0 aliphatic heterocycles. The molecular formula is C76H134O6. The minimum atomic E-state index is -0.787. The van der Waals surface area contributed by atoms with Gasteiger partial charge in [-0.2, -0.15) is 0 Å². The number of rotatable bonds is 65. The first-order chi connectivity index (χ1) is 40.5. The Morgan fingerprint density at radius 3 is 0.805 bits per heavy atom. The van der Waals surface area contributed by atoms with E-state index >= 15 is 0 Å². The molecule has 0 rings (SSSR count). The maximum Gasteiger partial charge on any atom is 0.306 e. The molecule has 0 amide bonds. The SMILES string of the molecule is CC/C=C\C/C=C\C/C=C\C/C=C\CCCCCCCCC(=O)OC(COC(=O)CCCCCCC/C=C\CCC)COC(=O)CCCCCCCCCCCCCCCCCCCCCCCCC/C=C\C/C=C\CCCCCCC. The molecule has 0 aromatic carbocycles. The minimum Gasteiger partial charge on any atom is -0.462 e. The van der Waals surface area contributed by atoms with Crippen molar-refractivity contribution in [2.24, 2.45) is 0 Å². The summed E-state index contributed by atoms with van der Waals surface area (Å²) in [6, 6.07) is 0. The molecule has 474 valence electrons. The van der Waals surface area contributed by atoms with Crippen molar-refractivity contribution in [1.82, 2.24) is 0 Å². The maximum absolute atomic E-state index is 12.9. The number of carbonyl (C=O) groups excluding carboxylic acids is 3. The van der Waals surface area contributed by atoms with E-state index in [0.717, 1.165) is 116 Å². The van der Waals surface area contributed by atoms with E-state index in [0.29, 0.717) is 19.3 Å². The Balaban J connectivity index is 4.07. The third-order valence-electron chi connectivity index (χ3n) is 15.6. The number of ether oxygens (including phenoxy) is 3. The minimum absolute atomic E-state index is 0.0819. The molecule has 82 heavy (non-hydrogen) atoms. The van der Waals surface area contributed by atoms with Gasteiger partial charge in [-0.15, -0.1) is 0 Å². The summed E-state index contributed by atoms with van der Waals surface area (Å²) < 4.78 is 16.9. The Labute approximate surface area is 509 Å². The van der Waals surface area contributed by atoms with Crippen LogP contribution < -0.4 is 0 Å². The van der Waals surface area contributed by atoms with Gasteiger partial charge >= 0.3 is 17.9 Å². The third-order valence-corrected chi connectivity index (χ3v) is 15.6. The van der Waals surface area contributed by atoms with E-state index < -0.39 is 6.10 Å². The van der Waals surface area contributed by atoms with Gasteiger partial charge in [-0.3, -0.25) is 14.4 Å². The van der Waals surface area contributed by atoms with Crippen molar-refractivity contribution < 1.29 is 28.6 Å². The van der Waals surface area contributed by atoms with Crippen LogP contribution >= 0.6 is 0 Å². The van der Waals surface area contributed by atoms with Crippen LogP contribution in [-0.2, 0) is 28.6 Å². The highest BCUT2D eigenvalue weighted by Gasteiger charge is 2.19. The van der Waals surface area contributed by atoms with Crippen molar-refractivity contribution in [2.45, 2.75) is 367 Å². The molecule has 1 unspecified atom stereocenters. The molecule has 0 N–H and O–H groups in total. The first-order valence-corrected chi connectivity index (χ1v) is 35.6. The molecule has 0 radical (unpaired) electrons. The topological polar surface area (TPSA) is 78.9 Å². The summed E-state index contributed by atoms with van der Waals surface area (Å²) in [5, 5.41) is 0. The molecule has 0 saturated heterocycles. The molecule has 1 atom stereocenters. The fraction of sp³-hybridized carbons (Fsp3) is 0.776. The lowest BCUT2D eigenvalue weighted by Gasteiger charge is -2.18. The highest BCUT2D eigenvalue weighted by atomic mass is 16.6. The van der Waals surface area contributed by atoms with Crippen LogP contribution in [-0.4, -0.2) is 37.2 Å². The van der Waals surface area contributed by atoms with E-state index in [-0.39, 0.29) is 31.1 Å². The lowest BCUT2D eigenvalue weighted by atomic mass is 10.0. The van der Waals surface area contributed by atoms with Gasteiger partial charge in [0.2, 0.25) is 0 Å². The second-order valence-corrected chi connectivity index (χ2v) is 23.8. The van der Waals surface area contributed by atoms with Crippen LogP contribution in [0.15, 0.2) is 85.1 Å². The number of esters is 3. The van der Waals surface area contributed by atoms with Crippen LogP contribution in [0, 0.1) is 0 Å². The molecule has 0 aromatic rings. The highest BCUT2D eigenvalue weighted by molar-refractivity contribution is 5.71. The summed E-state index contributed by atoms with van der Waals surface area (Å²) in [6.45, 7) is 6.47. The van der Waals surface area contributed by atoms with Crippen LogP contribution in [0.1, 0.15) is 361 Å². The number of unbranched alkanes of at least 4 members (excludes halogenated alkanes) is 40. The molecule has 0 spiro atoms. The summed E-state index contributed by atoms with van der Waals surface area (Å²) in [6.07, 6.45) is 93.6. The summed E-state index contributed by atoms with van der Waals surface area (Å²) >= 11 is 0. The second-order valence-electron chi connectivity index (χ2n) is 23.8. The normalized spacial score (nSPS) is 12.6. The van der Waals surface area contributed by atoms with Crippen LogP contribution in [0.3, 0.4) is 0 Å². The standard InChI is InChI=1S/C76H134O6/c1-4-7-10-13-16-19-22-24-26-28-30-31-32-33-34-35-36-37-38-39-40-41-42-43-44-45-47-48-50-52-54-57-60-63-66-69-75(78)81-72-73(71-80-74(77)68-65-62-59-56-21-18-15-12-9-6-3)82-76(79)70-67-64-61-58-55-53-51-49-46-29-27-25-23-20-17-14-11-8-5-2/h8,11-12,15,17,20,22,24-25,27-28,30,46,49,73H,4-7,9-10,13-14,16,18-19,21,23,26,29,31-45,47-48,50-72H2,1-3H3/b11-8-,15-12-,20-17-,24-22-,27-25-,30-28-,49-46-. The zero-order valence-electron chi connectivity index (χ0n) is 54.5. The van der Waals surface area contributed by atoms with Gasteiger partial charge in [0.15, 0.2) is 6.10 Å². The number of carbonyl (C=O) groups is 3. The lowest BCUT2D eigenvalue weighted by Crippen LogP contribution is -2.30. The predicted molar refractivity (Wildman–Crippen MR) is 358 cm³/mol. The van der Waals surface area contributed by atoms with Gasteiger partial charge in [0.25, 0.3) is 0 Å². The average molecular weight is 1140 g/mol. The van der Waals surface area contributed by atoms with Crippen molar-refractivity contribution in [3.63, 3.8) is 0 Å². The largest absolute Gasteiger partial charge is 0.462 e. The highest BCUT2D eigenvalue weighted by Crippen LogP contribution is 2.18. The van der Waals surface area contributed by atoms with Crippen LogP contribution in [0.2, 0.25) is 0 Å². The van der Waals surface area contributed by atoms with Gasteiger partial charge < -0.3 is 14.2 Å². The number of hydrogen-bond acceptors (Lipinski definition) is 6. The van der Waals surface area contributed by atoms with Gasteiger partial charge in [0.05, 0.1) is 0 Å². The number of hydrogen-bond donors (Lipinski definition) is 0. The average Bonchev–Trinajstić information content (AvgIpc) is 3.48. The summed E-state index contributed by atoms with van der Waals surface area (Å²) in [5.74, 6) is -0.892. The van der Waals surface area contributed by atoms with Crippen molar-refractivity contribution in [1.29, 1.82) is 0 Å². The molecule has 6 nitrogen and oxygen atoms in total. The number of allylic oxidation sites excluding steroid dienone is 14. The van der Waals surface area contributed by atoms with Crippen molar-refractivity contribution in [2.75, 3.05) is 13.2 Å². The smallest absolute Gasteiger partial charge is 0.306 e. The van der Waals surface area contributed by atoms with Gasteiger partial charge in [-0.25, -0.2) is 0 Å². The van der Waals surface area contributed by atoms with Gasteiger partial charge in [0.1, 0.15) is 13.2 Å². The molecule has 0 bridgehead atoms. The van der Waals surface area contributed by atoms with Crippen molar-refractivity contribution in [3.05, 3.63) is 85.1 Å².